The van der Waals surface area contributed by atoms with Crippen LogP contribution in [0.15, 0.2) is 58.5 Å². The fraction of sp³-hybridized carbons (Fsp3) is 0.304. The first kappa shape index (κ1) is 21.1. The molecule has 4 rings (SSSR count). The van der Waals surface area contributed by atoms with Crippen LogP contribution in [-0.2, 0) is 12.0 Å². The number of rotatable bonds is 5. The van der Waals surface area contributed by atoms with Gasteiger partial charge < -0.3 is 5.11 Å². The van der Waals surface area contributed by atoms with Crippen LogP contribution < -0.4 is 5.56 Å². The first-order valence-electron chi connectivity index (χ1n) is 9.99. The van der Waals surface area contributed by atoms with Crippen molar-refractivity contribution in [2.75, 3.05) is 19.3 Å². The van der Waals surface area contributed by atoms with Crippen LogP contribution in [0.2, 0.25) is 0 Å². The predicted molar refractivity (Wildman–Crippen MR) is 118 cm³/mol. The average Bonchev–Trinajstić information content (AvgIpc) is 2.81. The SMILES string of the molecule is CSc1cccc(C2(C#N)CCN(Cc3cc(C(=O)O)c(=O)n4ccccc34)CC2)n1. The maximum absolute atomic E-state index is 12.5. The van der Waals surface area contributed by atoms with Crippen molar-refractivity contribution in [3.8, 4) is 6.07 Å². The second kappa shape index (κ2) is 8.53. The Hall–Kier alpha value is -3.15. The standard InChI is InChI=1S/C23H22N4O3S/c1-31-20-7-4-6-19(25-20)23(15-24)8-11-26(12-9-23)14-16-13-17(22(29)30)21(28)27-10-3-2-5-18(16)27/h2-7,10,13H,8-9,11-12,14H2,1H3,(H,29,30). The van der Waals surface area contributed by atoms with E-state index in [9.17, 15) is 20.0 Å². The Bertz CT molecular complexity index is 1240. The number of hydrogen-bond acceptors (Lipinski definition) is 6. The molecule has 0 unspecified atom stereocenters. The van der Waals surface area contributed by atoms with Crippen molar-refractivity contribution in [2.24, 2.45) is 0 Å². The molecule has 0 bridgehead atoms. The van der Waals surface area contributed by atoms with E-state index < -0.39 is 16.9 Å². The van der Waals surface area contributed by atoms with Crippen molar-refractivity contribution in [2.45, 2.75) is 29.8 Å². The fourth-order valence-electron chi connectivity index (χ4n) is 4.16. The molecule has 1 saturated heterocycles. The minimum absolute atomic E-state index is 0.236. The zero-order valence-electron chi connectivity index (χ0n) is 17.1. The minimum atomic E-state index is -1.23. The first-order valence-corrected chi connectivity index (χ1v) is 11.2. The van der Waals surface area contributed by atoms with Crippen LogP contribution in [-0.4, -0.2) is 44.7 Å². The van der Waals surface area contributed by atoms with Crippen LogP contribution in [0.5, 0.6) is 0 Å². The van der Waals surface area contributed by atoms with Crippen LogP contribution in [0, 0.1) is 11.3 Å². The summed E-state index contributed by atoms with van der Waals surface area (Å²) in [6.45, 7) is 1.87. The number of carbonyl (C=O) groups is 1. The van der Waals surface area contributed by atoms with Gasteiger partial charge in [0.15, 0.2) is 0 Å². The summed E-state index contributed by atoms with van der Waals surface area (Å²) in [6, 6.07) is 15.2. The zero-order valence-corrected chi connectivity index (χ0v) is 17.9. The number of thioether (sulfide) groups is 1. The first-order chi connectivity index (χ1) is 15.0. The lowest BCUT2D eigenvalue weighted by Crippen LogP contribution is -2.42. The van der Waals surface area contributed by atoms with Crippen LogP contribution in [0.3, 0.4) is 0 Å². The third-order valence-electron chi connectivity index (χ3n) is 5.93. The van der Waals surface area contributed by atoms with Crippen molar-refractivity contribution >= 4 is 23.2 Å². The van der Waals surface area contributed by atoms with Gasteiger partial charge in [0.25, 0.3) is 5.56 Å². The summed E-state index contributed by atoms with van der Waals surface area (Å²) in [4.78, 5) is 30.9. The van der Waals surface area contributed by atoms with Gasteiger partial charge in [0.1, 0.15) is 11.0 Å². The number of aromatic carboxylic acids is 1. The van der Waals surface area contributed by atoms with E-state index in [1.165, 1.54) is 10.5 Å². The largest absolute Gasteiger partial charge is 0.477 e. The molecule has 3 aromatic rings. The molecule has 8 heteroatoms. The number of nitrogens with zero attached hydrogens (tertiary/aromatic N) is 4. The molecule has 3 aromatic heterocycles. The maximum atomic E-state index is 12.5. The molecule has 158 valence electrons. The molecule has 4 heterocycles. The molecule has 0 aliphatic carbocycles. The summed E-state index contributed by atoms with van der Waals surface area (Å²) in [5, 5.41) is 20.3. The van der Waals surface area contributed by atoms with E-state index in [2.05, 4.69) is 16.0 Å². The maximum Gasteiger partial charge on any atom is 0.341 e. The zero-order chi connectivity index (χ0) is 22.0. The lowest BCUT2D eigenvalue weighted by Gasteiger charge is -2.37. The van der Waals surface area contributed by atoms with Gasteiger partial charge in [0.2, 0.25) is 0 Å². The summed E-state index contributed by atoms with van der Waals surface area (Å²) in [7, 11) is 0. The normalized spacial score (nSPS) is 16.1. The summed E-state index contributed by atoms with van der Waals surface area (Å²) in [6.07, 6.45) is 4.85. The van der Waals surface area contributed by atoms with Crippen molar-refractivity contribution in [1.29, 1.82) is 5.26 Å². The van der Waals surface area contributed by atoms with E-state index in [0.29, 0.717) is 38.0 Å². The second-order valence-electron chi connectivity index (χ2n) is 7.68. The molecule has 0 atom stereocenters. The van der Waals surface area contributed by atoms with Gasteiger partial charge in [0.05, 0.1) is 22.3 Å². The molecule has 31 heavy (non-hydrogen) atoms. The number of aromatic nitrogens is 2. The Morgan fingerprint density at radius 3 is 2.71 bits per heavy atom. The molecule has 1 aliphatic rings. The average molecular weight is 435 g/mol. The van der Waals surface area contributed by atoms with E-state index in [-0.39, 0.29) is 5.56 Å². The summed E-state index contributed by atoms with van der Waals surface area (Å²) in [5.41, 5.74) is 0.901. The van der Waals surface area contributed by atoms with E-state index in [1.54, 1.807) is 24.0 Å². The molecule has 1 fully saturated rings. The van der Waals surface area contributed by atoms with Gasteiger partial charge in [-0.2, -0.15) is 5.26 Å². The van der Waals surface area contributed by atoms with Gasteiger partial charge in [-0.1, -0.05) is 12.1 Å². The lowest BCUT2D eigenvalue weighted by atomic mass is 9.76. The number of pyridine rings is 3. The van der Waals surface area contributed by atoms with Crippen molar-refractivity contribution in [3.63, 3.8) is 0 Å². The van der Waals surface area contributed by atoms with Crippen LogP contribution in [0.4, 0.5) is 0 Å². The molecule has 0 spiro atoms. The van der Waals surface area contributed by atoms with Gasteiger partial charge in [-0.25, -0.2) is 9.78 Å². The summed E-state index contributed by atoms with van der Waals surface area (Å²) >= 11 is 1.56. The Morgan fingerprint density at radius 2 is 2.03 bits per heavy atom. The summed E-state index contributed by atoms with van der Waals surface area (Å²) in [5.74, 6) is -1.23. The molecule has 0 amide bonds. The third-order valence-corrected chi connectivity index (χ3v) is 6.57. The minimum Gasteiger partial charge on any atom is -0.477 e. The van der Waals surface area contributed by atoms with E-state index in [0.717, 1.165) is 16.3 Å². The fourth-order valence-corrected chi connectivity index (χ4v) is 4.56. The van der Waals surface area contributed by atoms with Gasteiger partial charge in [-0.3, -0.25) is 14.1 Å². The van der Waals surface area contributed by atoms with Gasteiger partial charge in [-0.15, -0.1) is 11.8 Å². The quantitative estimate of drug-likeness (QED) is 0.616. The molecule has 1 N–H and O–H groups in total. The van der Waals surface area contributed by atoms with Gasteiger partial charge in [0, 0.05) is 25.8 Å². The number of likely N-dealkylation sites (tertiary alicyclic amines) is 1. The van der Waals surface area contributed by atoms with Crippen LogP contribution in [0.25, 0.3) is 5.52 Å². The highest BCUT2D eigenvalue weighted by Crippen LogP contribution is 2.35. The van der Waals surface area contributed by atoms with Crippen LogP contribution in [0.1, 0.15) is 34.5 Å². The Labute approximate surface area is 184 Å². The third kappa shape index (κ3) is 3.94. The Balaban J connectivity index is 1.60. The predicted octanol–water partition coefficient (Wildman–Crippen LogP) is 3.17. The topological polar surface area (TPSA) is 98.7 Å². The number of piperidine rings is 1. The highest BCUT2D eigenvalue weighted by molar-refractivity contribution is 7.98. The number of carboxylic acids is 1. The number of fused-ring (bicyclic) bond motifs is 1. The van der Waals surface area contributed by atoms with Crippen molar-refractivity contribution < 1.29 is 9.90 Å². The summed E-state index contributed by atoms with van der Waals surface area (Å²) < 4.78 is 1.39. The van der Waals surface area contributed by atoms with Crippen molar-refractivity contribution in [3.05, 3.63) is 75.8 Å². The number of nitriles is 1. The van der Waals surface area contributed by atoms with E-state index >= 15 is 0 Å². The molecule has 0 radical (unpaired) electrons. The van der Waals surface area contributed by atoms with E-state index in [4.69, 9.17) is 0 Å². The molecule has 0 aromatic carbocycles. The highest BCUT2D eigenvalue weighted by Gasteiger charge is 2.38. The van der Waals surface area contributed by atoms with Crippen molar-refractivity contribution in [1.82, 2.24) is 14.3 Å². The highest BCUT2D eigenvalue weighted by atomic mass is 32.2. The Morgan fingerprint density at radius 1 is 1.26 bits per heavy atom. The molecule has 7 nitrogen and oxygen atoms in total. The molecule has 1 aliphatic heterocycles. The molecular formula is C23H22N4O3S. The van der Waals surface area contributed by atoms with Gasteiger partial charge >= 0.3 is 5.97 Å². The second-order valence-corrected chi connectivity index (χ2v) is 8.51. The molecular weight excluding hydrogens is 412 g/mol. The van der Waals surface area contributed by atoms with E-state index in [1.807, 2.05) is 36.6 Å². The molecule has 0 saturated carbocycles. The number of hydrogen-bond donors (Lipinski definition) is 1. The van der Waals surface area contributed by atoms with Gasteiger partial charge in [-0.05, 0) is 55.0 Å². The van der Waals surface area contributed by atoms with Crippen LogP contribution >= 0.6 is 11.8 Å². The number of carboxylic acid groups (broad SMARTS) is 1. The monoisotopic (exact) mass is 434 g/mol. The Kier molecular flexibility index (Phi) is 5.81. The smallest absolute Gasteiger partial charge is 0.341 e. The lowest BCUT2D eigenvalue weighted by molar-refractivity contribution is 0.0694.